The molecular formula is C19H23N3O. The highest BCUT2D eigenvalue weighted by molar-refractivity contribution is 5.76. The van der Waals surface area contributed by atoms with Crippen molar-refractivity contribution in [3.8, 4) is 0 Å². The number of aryl methyl sites for hydroxylation is 1. The summed E-state index contributed by atoms with van der Waals surface area (Å²) in [5.74, 6) is 0.124. The maximum absolute atomic E-state index is 11.9. The molecule has 2 heterocycles. The number of hydrogen-bond donors (Lipinski definition) is 1. The summed E-state index contributed by atoms with van der Waals surface area (Å²) in [5.41, 5.74) is 4.04. The topological polar surface area (TPSA) is 45.2 Å². The molecule has 1 aliphatic heterocycles. The van der Waals surface area contributed by atoms with Crippen molar-refractivity contribution in [2.75, 3.05) is 19.6 Å². The van der Waals surface area contributed by atoms with Crippen LogP contribution in [0, 0.1) is 0 Å². The highest BCUT2D eigenvalue weighted by atomic mass is 16.1. The quantitative estimate of drug-likeness (QED) is 0.889. The number of pyridine rings is 1. The minimum absolute atomic E-state index is 0.124. The molecule has 23 heavy (non-hydrogen) atoms. The van der Waals surface area contributed by atoms with Crippen LogP contribution in [0.3, 0.4) is 0 Å². The van der Waals surface area contributed by atoms with Crippen LogP contribution in [-0.4, -0.2) is 35.4 Å². The first-order valence-corrected chi connectivity index (χ1v) is 8.26. The molecule has 0 spiro atoms. The van der Waals surface area contributed by atoms with Crippen molar-refractivity contribution in [2.24, 2.45) is 0 Å². The number of benzene rings is 1. The first-order valence-electron chi connectivity index (χ1n) is 8.26. The average Bonchev–Trinajstić information content (AvgIpc) is 2.61. The molecule has 1 N–H and O–H groups in total. The van der Waals surface area contributed by atoms with Gasteiger partial charge in [0.05, 0.1) is 0 Å². The number of aromatic nitrogens is 1. The fourth-order valence-corrected chi connectivity index (χ4v) is 2.99. The van der Waals surface area contributed by atoms with E-state index in [-0.39, 0.29) is 5.91 Å². The second kappa shape index (κ2) is 7.88. The summed E-state index contributed by atoms with van der Waals surface area (Å²) in [7, 11) is 0. The number of amides is 1. The van der Waals surface area contributed by atoms with E-state index in [4.69, 9.17) is 0 Å². The molecule has 0 bridgehead atoms. The summed E-state index contributed by atoms with van der Waals surface area (Å²) < 4.78 is 0. The van der Waals surface area contributed by atoms with E-state index >= 15 is 0 Å². The minimum Gasteiger partial charge on any atom is -0.355 e. The molecule has 4 nitrogen and oxygen atoms in total. The molecule has 0 saturated carbocycles. The maximum Gasteiger partial charge on any atom is 0.220 e. The summed E-state index contributed by atoms with van der Waals surface area (Å²) in [5, 5.41) is 3.03. The SMILES string of the molecule is O=C(CCc1ccncc1)NCCN1CCc2ccccc2C1. The van der Waals surface area contributed by atoms with Crippen molar-refractivity contribution in [3.63, 3.8) is 0 Å². The molecular weight excluding hydrogens is 286 g/mol. The highest BCUT2D eigenvalue weighted by Gasteiger charge is 2.15. The zero-order valence-corrected chi connectivity index (χ0v) is 13.4. The molecule has 2 aromatic rings. The molecule has 1 aromatic heterocycles. The lowest BCUT2D eigenvalue weighted by molar-refractivity contribution is -0.121. The molecule has 0 fully saturated rings. The Kier molecular flexibility index (Phi) is 5.37. The summed E-state index contributed by atoms with van der Waals surface area (Å²) in [6.45, 7) is 3.69. The van der Waals surface area contributed by atoms with E-state index in [2.05, 4.69) is 39.5 Å². The van der Waals surface area contributed by atoms with E-state index < -0.39 is 0 Å². The van der Waals surface area contributed by atoms with Crippen LogP contribution in [0.5, 0.6) is 0 Å². The summed E-state index contributed by atoms with van der Waals surface area (Å²) >= 11 is 0. The first kappa shape index (κ1) is 15.7. The van der Waals surface area contributed by atoms with Gasteiger partial charge >= 0.3 is 0 Å². The van der Waals surface area contributed by atoms with Gasteiger partial charge < -0.3 is 5.32 Å². The van der Waals surface area contributed by atoms with Crippen LogP contribution in [0.1, 0.15) is 23.1 Å². The molecule has 0 atom stereocenters. The normalized spacial score (nSPS) is 14.3. The lowest BCUT2D eigenvalue weighted by Gasteiger charge is -2.28. The van der Waals surface area contributed by atoms with Gasteiger partial charge in [-0.25, -0.2) is 0 Å². The molecule has 0 unspecified atom stereocenters. The Morgan fingerprint density at radius 3 is 2.74 bits per heavy atom. The highest BCUT2D eigenvalue weighted by Crippen LogP contribution is 2.17. The van der Waals surface area contributed by atoms with Crippen LogP contribution in [0.4, 0.5) is 0 Å². The second-order valence-corrected chi connectivity index (χ2v) is 6.00. The Morgan fingerprint density at radius 2 is 1.91 bits per heavy atom. The van der Waals surface area contributed by atoms with E-state index in [0.29, 0.717) is 6.42 Å². The fraction of sp³-hybridized carbons (Fsp3) is 0.368. The van der Waals surface area contributed by atoms with Crippen LogP contribution in [0.15, 0.2) is 48.8 Å². The fourth-order valence-electron chi connectivity index (χ4n) is 2.99. The van der Waals surface area contributed by atoms with E-state index in [1.165, 1.54) is 11.1 Å². The number of carbonyl (C=O) groups excluding carboxylic acids is 1. The summed E-state index contributed by atoms with van der Waals surface area (Å²) in [6, 6.07) is 12.5. The lowest BCUT2D eigenvalue weighted by atomic mass is 10.00. The monoisotopic (exact) mass is 309 g/mol. The van der Waals surface area contributed by atoms with Crippen molar-refractivity contribution < 1.29 is 4.79 Å². The van der Waals surface area contributed by atoms with Gasteiger partial charge in [-0.1, -0.05) is 24.3 Å². The predicted octanol–water partition coefficient (Wildman–Crippen LogP) is 2.19. The van der Waals surface area contributed by atoms with Crippen molar-refractivity contribution >= 4 is 5.91 Å². The number of hydrogen-bond acceptors (Lipinski definition) is 3. The Labute approximate surface area is 137 Å². The zero-order chi connectivity index (χ0) is 15.9. The van der Waals surface area contributed by atoms with Gasteiger partial charge in [-0.05, 0) is 41.7 Å². The van der Waals surface area contributed by atoms with Crippen molar-refractivity contribution in [1.29, 1.82) is 0 Å². The summed E-state index contributed by atoms with van der Waals surface area (Å²) in [6.07, 6.45) is 5.94. The van der Waals surface area contributed by atoms with E-state index in [1.807, 2.05) is 12.1 Å². The molecule has 4 heteroatoms. The average molecular weight is 309 g/mol. The number of nitrogens with one attached hydrogen (secondary N) is 1. The van der Waals surface area contributed by atoms with Crippen LogP contribution in [0.25, 0.3) is 0 Å². The largest absolute Gasteiger partial charge is 0.355 e. The van der Waals surface area contributed by atoms with Crippen LogP contribution >= 0.6 is 0 Å². The Balaban J connectivity index is 1.36. The molecule has 1 amide bonds. The number of fused-ring (bicyclic) bond motifs is 1. The third-order valence-corrected chi connectivity index (χ3v) is 4.35. The minimum atomic E-state index is 0.124. The van der Waals surface area contributed by atoms with Gasteiger partial charge in [-0.3, -0.25) is 14.7 Å². The van der Waals surface area contributed by atoms with Crippen LogP contribution < -0.4 is 5.32 Å². The maximum atomic E-state index is 11.9. The van der Waals surface area contributed by atoms with E-state index in [1.54, 1.807) is 12.4 Å². The summed E-state index contributed by atoms with van der Waals surface area (Å²) in [4.78, 5) is 18.3. The second-order valence-electron chi connectivity index (χ2n) is 6.00. The zero-order valence-electron chi connectivity index (χ0n) is 13.4. The van der Waals surface area contributed by atoms with E-state index in [9.17, 15) is 4.79 Å². The molecule has 120 valence electrons. The molecule has 0 radical (unpaired) electrons. The van der Waals surface area contributed by atoms with Crippen molar-refractivity contribution in [3.05, 3.63) is 65.5 Å². The Bertz CT molecular complexity index is 642. The van der Waals surface area contributed by atoms with Gasteiger partial charge in [0.15, 0.2) is 0 Å². The smallest absolute Gasteiger partial charge is 0.220 e. The van der Waals surface area contributed by atoms with Gasteiger partial charge in [0.1, 0.15) is 0 Å². The van der Waals surface area contributed by atoms with Gasteiger partial charge in [-0.2, -0.15) is 0 Å². The standard InChI is InChI=1S/C19H23N3O/c23-19(6-5-16-7-10-20-11-8-16)21-12-14-22-13-9-17-3-1-2-4-18(17)15-22/h1-4,7-8,10-11H,5-6,9,12-15H2,(H,21,23). The van der Waals surface area contributed by atoms with Crippen molar-refractivity contribution in [2.45, 2.75) is 25.8 Å². The number of carbonyl (C=O) groups is 1. The third kappa shape index (κ3) is 4.63. The van der Waals surface area contributed by atoms with Crippen LogP contribution in [0.2, 0.25) is 0 Å². The Hall–Kier alpha value is -2.20. The first-order chi connectivity index (χ1) is 11.3. The lowest BCUT2D eigenvalue weighted by Crippen LogP contribution is -2.37. The predicted molar refractivity (Wildman–Crippen MR) is 91.0 cm³/mol. The molecule has 0 aliphatic carbocycles. The number of rotatable bonds is 6. The van der Waals surface area contributed by atoms with Gasteiger partial charge in [0.25, 0.3) is 0 Å². The van der Waals surface area contributed by atoms with E-state index in [0.717, 1.165) is 44.6 Å². The van der Waals surface area contributed by atoms with Gasteiger partial charge in [-0.15, -0.1) is 0 Å². The molecule has 1 aromatic carbocycles. The molecule has 1 aliphatic rings. The number of nitrogens with zero attached hydrogens (tertiary/aromatic N) is 2. The van der Waals surface area contributed by atoms with Gasteiger partial charge in [0.2, 0.25) is 5.91 Å². The Morgan fingerprint density at radius 1 is 1.13 bits per heavy atom. The van der Waals surface area contributed by atoms with Crippen molar-refractivity contribution in [1.82, 2.24) is 15.2 Å². The van der Waals surface area contributed by atoms with Gasteiger partial charge in [0, 0.05) is 45.0 Å². The molecule has 3 rings (SSSR count). The molecule has 0 saturated heterocycles. The van der Waals surface area contributed by atoms with Crippen LogP contribution in [-0.2, 0) is 24.2 Å². The third-order valence-electron chi connectivity index (χ3n) is 4.35.